The Labute approximate surface area is 88.7 Å². The highest BCUT2D eigenvalue weighted by Gasteiger charge is 2.10. The monoisotopic (exact) mass is 241 g/mol. The second kappa shape index (κ2) is 4.23. The summed E-state index contributed by atoms with van der Waals surface area (Å²) in [4.78, 5) is 4.26. The van der Waals surface area contributed by atoms with Gasteiger partial charge >= 0.3 is 0 Å². The van der Waals surface area contributed by atoms with Gasteiger partial charge in [0.25, 0.3) is 0 Å². The Morgan fingerprint density at radius 2 is 1.62 bits per heavy atom. The summed E-state index contributed by atoms with van der Waals surface area (Å²) >= 11 is 3.40. The summed E-state index contributed by atoms with van der Waals surface area (Å²) in [6, 6.07) is 2.12. The molecular formula is C11H16BrN. The van der Waals surface area contributed by atoms with Gasteiger partial charge in [0.1, 0.15) is 4.60 Å². The maximum absolute atomic E-state index is 4.26. The minimum Gasteiger partial charge on any atom is -0.249 e. The average Bonchev–Trinajstić information content (AvgIpc) is 2.03. The number of aromatic nitrogens is 1. The predicted molar refractivity (Wildman–Crippen MR) is 60.1 cm³/mol. The van der Waals surface area contributed by atoms with Crippen LogP contribution in [0.15, 0.2) is 16.9 Å². The first kappa shape index (κ1) is 10.7. The third-order valence-electron chi connectivity index (χ3n) is 2.18. The summed E-state index contributed by atoms with van der Waals surface area (Å²) < 4.78 is 0.931. The zero-order chi connectivity index (χ0) is 10.0. The van der Waals surface area contributed by atoms with E-state index in [4.69, 9.17) is 0 Å². The number of hydrogen-bond acceptors (Lipinski definition) is 1. The highest BCUT2D eigenvalue weighted by atomic mass is 79.9. The van der Waals surface area contributed by atoms with E-state index in [2.05, 4.69) is 54.7 Å². The Kier molecular flexibility index (Phi) is 3.48. The molecule has 0 amide bonds. The summed E-state index contributed by atoms with van der Waals surface area (Å²) in [7, 11) is 0. The Morgan fingerprint density at radius 3 is 2.08 bits per heavy atom. The topological polar surface area (TPSA) is 12.9 Å². The van der Waals surface area contributed by atoms with Crippen molar-refractivity contribution < 1.29 is 0 Å². The molecule has 0 radical (unpaired) electrons. The van der Waals surface area contributed by atoms with Crippen LogP contribution in [-0.2, 0) is 0 Å². The highest BCUT2D eigenvalue weighted by molar-refractivity contribution is 9.10. The fourth-order valence-corrected chi connectivity index (χ4v) is 1.79. The molecule has 0 unspecified atom stereocenters. The molecule has 0 atom stereocenters. The van der Waals surface area contributed by atoms with Crippen molar-refractivity contribution in [2.45, 2.75) is 39.5 Å². The van der Waals surface area contributed by atoms with Crippen LogP contribution in [0.1, 0.15) is 50.7 Å². The van der Waals surface area contributed by atoms with E-state index in [1.54, 1.807) is 0 Å². The molecule has 0 aliphatic rings. The van der Waals surface area contributed by atoms with Gasteiger partial charge in [-0.15, -0.1) is 0 Å². The lowest BCUT2D eigenvalue weighted by atomic mass is 9.93. The minimum absolute atomic E-state index is 0.554. The van der Waals surface area contributed by atoms with E-state index >= 15 is 0 Å². The molecule has 1 aromatic heterocycles. The number of pyridine rings is 1. The largest absolute Gasteiger partial charge is 0.249 e. The van der Waals surface area contributed by atoms with Gasteiger partial charge in [0.05, 0.1) is 0 Å². The second-order valence-corrected chi connectivity index (χ2v) is 4.76. The molecule has 0 bridgehead atoms. The minimum atomic E-state index is 0.554. The van der Waals surface area contributed by atoms with Crippen LogP contribution in [0.5, 0.6) is 0 Å². The van der Waals surface area contributed by atoms with Crippen molar-refractivity contribution in [1.29, 1.82) is 0 Å². The van der Waals surface area contributed by atoms with Crippen molar-refractivity contribution in [3.05, 3.63) is 28.0 Å². The highest BCUT2D eigenvalue weighted by Crippen LogP contribution is 2.27. The molecule has 13 heavy (non-hydrogen) atoms. The molecule has 1 heterocycles. The third kappa shape index (κ3) is 2.53. The first-order valence-corrected chi connectivity index (χ1v) is 5.47. The Balaban J connectivity index is 3.19. The molecule has 0 aromatic carbocycles. The molecule has 0 fully saturated rings. The van der Waals surface area contributed by atoms with Gasteiger partial charge in [-0.25, -0.2) is 4.98 Å². The van der Waals surface area contributed by atoms with Gasteiger partial charge < -0.3 is 0 Å². The summed E-state index contributed by atoms with van der Waals surface area (Å²) in [5.41, 5.74) is 2.76. The molecule has 0 N–H and O–H groups in total. The lowest BCUT2D eigenvalue weighted by Crippen LogP contribution is -1.99. The lowest BCUT2D eigenvalue weighted by Gasteiger charge is -2.15. The van der Waals surface area contributed by atoms with E-state index in [9.17, 15) is 0 Å². The van der Waals surface area contributed by atoms with E-state index in [1.165, 1.54) is 11.1 Å². The summed E-state index contributed by atoms with van der Waals surface area (Å²) in [5, 5.41) is 0. The fourth-order valence-electron chi connectivity index (χ4n) is 1.44. The summed E-state index contributed by atoms with van der Waals surface area (Å²) in [5.74, 6) is 1.12. The van der Waals surface area contributed by atoms with Crippen LogP contribution >= 0.6 is 15.9 Å². The van der Waals surface area contributed by atoms with Crippen LogP contribution in [0.4, 0.5) is 0 Å². The SMILES string of the molecule is CC(C)c1cnc(Br)cc1C(C)C. The zero-order valence-corrected chi connectivity index (χ0v) is 10.2. The van der Waals surface area contributed by atoms with Gasteiger partial charge in [0.2, 0.25) is 0 Å². The van der Waals surface area contributed by atoms with Gasteiger partial charge in [-0.3, -0.25) is 0 Å². The number of rotatable bonds is 2. The first-order chi connectivity index (χ1) is 6.02. The van der Waals surface area contributed by atoms with Gasteiger partial charge in [-0.05, 0) is 45.0 Å². The molecule has 0 saturated heterocycles. The number of halogens is 1. The Hall–Kier alpha value is -0.370. The standard InChI is InChI=1S/C11H16BrN/c1-7(2)9-5-11(12)13-6-10(9)8(3)4/h5-8H,1-4H3. The fraction of sp³-hybridized carbons (Fsp3) is 0.545. The smallest absolute Gasteiger partial charge is 0.106 e. The van der Waals surface area contributed by atoms with E-state index < -0.39 is 0 Å². The molecule has 1 nitrogen and oxygen atoms in total. The first-order valence-electron chi connectivity index (χ1n) is 4.67. The number of hydrogen-bond donors (Lipinski definition) is 0. The third-order valence-corrected chi connectivity index (χ3v) is 2.61. The zero-order valence-electron chi connectivity index (χ0n) is 8.63. The van der Waals surface area contributed by atoms with E-state index in [1.807, 2.05) is 6.20 Å². The van der Waals surface area contributed by atoms with Crippen molar-refractivity contribution in [3.63, 3.8) is 0 Å². The van der Waals surface area contributed by atoms with Crippen molar-refractivity contribution in [2.24, 2.45) is 0 Å². The maximum atomic E-state index is 4.26. The van der Waals surface area contributed by atoms with E-state index in [-0.39, 0.29) is 0 Å². The van der Waals surface area contributed by atoms with Gasteiger partial charge in [0.15, 0.2) is 0 Å². The molecule has 2 heteroatoms. The summed E-state index contributed by atoms with van der Waals surface area (Å²) in [6.07, 6.45) is 1.98. The second-order valence-electron chi connectivity index (χ2n) is 3.95. The van der Waals surface area contributed by atoms with Crippen LogP contribution < -0.4 is 0 Å². The molecule has 0 aliphatic carbocycles. The molecule has 0 spiro atoms. The van der Waals surface area contributed by atoms with E-state index in [0.717, 1.165) is 4.60 Å². The van der Waals surface area contributed by atoms with Crippen molar-refractivity contribution >= 4 is 15.9 Å². The Bertz CT molecular complexity index is 292. The van der Waals surface area contributed by atoms with Gasteiger partial charge in [0, 0.05) is 6.20 Å². The predicted octanol–water partition coefficient (Wildman–Crippen LogP) is 4.09. The Morgan fingerprint density at radius 1 is 1.08 bits per heavy atom. The van der Waals surface area contributed by atoms with Crippen LogP contribution in [0, 0.1) is 0 Å². The molecular weight excluding hydrogens is 226 g/mol. The van der Waals surface area contributed by atoms with Crippen LogP contribution in [0.3, 0.4) is 0 Å². The van der Waals surface area contributed by atoms with Crippen molar-refractivity contribution in [1.82, 2.24) is 4.98 Å². The van der Waals surface area contributed by atoms with Crippen LogP contribution in [-0.4, -0.2) is 4.98 Å². The molecule has 0 saturated carbocycles. The maximum Gasteiger partial charge on any atom is 0.106 e. The van der Waals surface area contributed by atoms with Gasteiger partial charge in [-0.2, -0.15) is 0 Å². The normalized spacial score (nSPS) is 11.3. The van der Waals surface area contributed by atoms with Crippen molar-refractivity contribution in [3.8, 4) is 0 Å². The van der Waals surface area contributed by atoms with Crippen LogP contribution in [0.25, 0.3) is 0 Å². The quantitative estimate of drug-likeness (QED) is 0.712. The van der Waals surface area contributed by atoms with Crippen molar-refractivity contribution in [2.75, 3.05) is 0 Å². The van der Waals surface area contributed by atoms with Gasteiger partial charge in [-0.1, -0.05) is 27.7 Å². The molecule has 72 valence electrons. The number of nitrogens with zero attached hydrogens (tertiary/aromatic N) is 1. The molecule has 1 rings (SSSR count). The molecule has 1 aromatic rings. The van der Waals surface area contributed by atoms with E-state index in [0.29, 0.717) is 11.8 Å². The molecule has 0 aliphatic heterocycles. The van der Waals surface area contributed by atoms with Crippen LogP contribution in [0.2, 0.25) is 0 Å². The average molecular weight is 242 g/mol. The summed E-state index contributed by atoms with van der Waals surface area (Å²) in [6.45, 7) is 8.84. The lowest BCUT2D eigenvalue weighted by molar-refractivity contribution is 0.781.